The van der Waals surface area contributed by atoms with E-state index < -0.39 is 11.4 Å². The number of hydrogen-bond acceptors (Lipinski definition) is 2. The molecule has 1 fully saturated rings. The van der Waals surface area contributed by atoms with E-state index in [1.807, 2.05) is 0 Å². The summed E-state index contributed by atoms with van der Waals surface area (Å²) >= 11 is 0. The highest BCUT2D eigenvalue weighted by molar-refractivity contribution is 5.85. The molecule has 0 unspecified atom stereocenters. The van der Waals surface area contributed by atoms with Crippen molar-refractivity contribution >= 4 is 18.1 Å². The number of nitrogens with one attached hydrogen (secondary N) is 1. The Balaban J connectivity index is 2.24. The molecule has 0 heterocycles. The Bertz CT molecular complexity index is 393. The second-order valence-electron chi connectivity index (χ2n) is 3.73. The molecule has 0 saturated heterocycles. The van der Waals surface area contributed by atoms with E-state index in [1.165, 1.54) is 0 Å². The summed E-state index contributed by atoms with van der Waals surface area (Å²) in [5, 5.41) is 11.6. The molecule has 0 bridgehead atoms. The van der Waals surface area contributed by atoms with Crippen LogP contribution in [-0.2, 0) is 15.0 Å². The van der Waals surface area contributed by atoms with Crippen LogP contribution in [0.25, 0.3) is 0 Å². The first-order valence-corrected chi connectivity index (χ1v) is 4.73. The number of benzene rings is 1. The van der Waals surface area contributed by atoms with Crippen LogP contribution in [0.15, 0.2) is 24.3 Å². The topological polar surface area (TPSA) is 66.4 Å². The third-order valence-electron chi connectivity index (χ3n) is 2.82. The van der Waals surface area contributed by atoms with Crippen molar-refractivity contribution in [3.05, 3.63) is 29.8 Å². The highest BCUT2D eigenvalue weighted by Crippen LogP contribution is 2.48. The SMILES string of the molecule is O=CNc1ccc(C2(C(=O)O)CC2)cc1. The number of anilines is 1. The second-order valence-corrected chi connectivity index (χ2v) is 3.73. The molecular weight excluding hydrogens is 194 g/mol. The monoisotopic (exact) mass is 205 g/mol. The zero-order chi connectivity index (χ0) is 10.9. The largest absolute Gasteiger partial charge is 0.481 e. The molecule has 2 N–H and O–H groups in total. The number of carbonyl (C=O) groups is 2. The van der Waals surface area contributed by atoms with E-state index in [0.29, 0.717) is 24.9 Å². The molecular formula is C11H11NO3. The van der Waals surface area contributed by atoms with Crippen molar-refractivity contribution in [2.45, 2.75) is 18.3 Å². The number of carbonyl (C=O) groups excluding carboxylic acids is 1. The molecule has 1 amide bonds. The van der Waals surface area contributed by atoms with E-state index >= 15 is 0 Å². The molecule has 0 spiro atoms. The average molecular weight is 205 g/mol. The van der Waals surface area contributed by atoms with Crippen molar-refractivity contribution in [2.24, 2.45) is 0 Å². The van der Waals surface area contributed by atoms with Gasteiger partial charge in [0.15, 0.2) is 0 Å². The van der Waals surface area contributed by atoms with Gasteiger partial charge in [-0.3, -0.25) is 9.59 Å². The van der Waals surface area contributed by atoms with Crippen LogP contribution in [0.3, 0.4) is 0 Å². The number of hydrogen-bond donors (Lipinski definition) is 2. The third-order valence-corrected chi connectivity index (χ3v) is 2.82. The van der Waals surface area contributed by atoms with Crippen LogP contribution in [0.2, 0.25) is 0 Å². The van der Waals surface area contributed by atoms with E-state index in [1.54, 1.807) is 24.3 Å². The Hall–Kier alpha value is -1.84. The van der Waals surface area contributed by atoms with Crippen LogP contribution < -0.4 is 5.32 Å². The van der Waals surface area contributed by atoms with Crippen LogP contribution in [0.5, 0.6) is 0 Å². The van der Waals surface area contributed by atoms with Crippen molar-refractivity contribution in [1.82, 2.24) is 0 Å². The zero-order valence-corrected chi connectivity index (χ0v) is 8.06. The molecule has 0 radical (unpaired) electrons. The van der Waals surface area contributed by atoms with Crippen molar-refractivity contribution < 1.29 is 14.7 Å². The van der Waals surface area contributed by atoms with Crippen molar-refractivity contribution in [2.75, 3.05) is 5.32 Å². The van der Waals surface area contributed by atoms with Crippen LogP contribution in [0, 0.1) is 0 Å². The summed E-state index contributed by atoms with van der Waals surface area (Å²) < 4.78 is 0. The molecule has 4 heteroatoms. The maximum absolute atomic E-state index is 11.0. The molecule has 1 saturated carbocycles. The van der Waals surface area contributed by atoms with E-state index in [9.17, 15) is 9.59 Å². The molecule has 1 aromatic rings. The Kier molecular flexibility index (Phi) is 2.19. The van der Waals surface area contributed by atoms with Gasteiger partial charge in [-0.1, -0.05) is 12.1 Å². The zero-order valence-electron chi connectivity index (χ0n) is 8.06. The first kappa shape index (κ1) is 9.71. The van der Waals surface area contributed by atoms with Crippen LogP contribution in [-0.4, -0.2) is 17.5 Å². The lowest BCUT2D eigenvalue weighted by Gasteiger charge is -2.10. The lowest BCUT2D eigenvalue weighted by atomic mass is 9.96. The summed E-state index contributed by atoms with van der Waals surface area (Å²) in [6.07, 6.45) is 1.99. The first-order chi connectivity index (χ1) is 7.19. The van der Waals surface area contributed by atoms with Crippen molar-refractivity contribution in [3.8, 4) is 0 Å². The number of aliphatic carboxylic acids is 1. The van der Waals surface area contributed by atoms with Gasteiger partial charge < -0.3 is 10.4 Å². The molecule has 1 aromatic carbocycles. The Morgan fingerprint density at radius 3 is 2.33 bits per heavy atom. The van der Waals surface area contributed by atoms with Gasteiger partial charge in [-0.15, -0.1) is 0 Å². The highest BCUT2D eigenvalue weighted by atomic mass is 16.4. The van der Waals surface area contributed by atoms with Crippen LogP contribution >= 0.6 is 0 Å². The summed E-state index contributed by atoms with van der Waals surface area (Å²) in [6.45, 7) is 0. The minimum atomic E-state index is -0.765. The standard InChI is InChI=1S/C11H11NO3/c13-7-12-9-3-1-8(2-4-9)11(5-6-11)10(14)15/h1-4,7H,5-6H2,(H,12,13)(H,14,15). The molecule has 78 valence electrons. The first-order valence-electron chi connectivity index (χ1n) is 4.73. The quantitative estimate of drug-likeness (QED) is 0.729. The summed E-state index contributed by atoms with van der Waals surface area (Å²) in [5.74, 6) is -0.765. The fraction of sp³-hybridized carbons (Fsp3) is 0.273. The third kappa shape index (κ3) is 1.58. The molecule has 0 aliphatic heterocycles. The van der Waals surface area contributed by atoms with E-state index in [0.717, 1.165) is 5.56 Å². The summed E-state index contributed by atoms with van der Waals surface area (Å²) in [4.78, 5) is 21.2. The Morgan fingerprint density at radius 1 is 1.33 bits per heavy atom. The number of amides is 1. The van der Waals surface area contributed by atoms with Gasteiger partial charge in [-0.2, -0.15) is 0 Å². The van der Waals surface area contributed by atoms with Gasteiger partial charge >= 0.3 is 5.97 Å². The highest BCUT2D eigenvalue weighted by Gasteiger charge is 2.51. The molecule has 1 aliphatic rings. The van der Waals surface area contributed by atoms with Gasteiger partial charge in [0.2, 0.25) is 6.41 Å². The van der Waals surface area contributed by atoms with Crippen molar-refractivity contribution in [1.29, 1.82) is 0 Å². The minimum Gasteiger partial charge on any atom is -0.481 e. The van der Waals surface area contributed by atoms with Gasteiger partial charge in [0.1, 0.15) is 0 Å². The van der Waals surface area contributed by atoms with Crippen molar-refractivity contribution in [3.63, 3.8) is 0 Å². The van der Waals surface area contributed by atoms with E-state index in [-0.39, 0.29) is 0 Å². The number of rotatable bonds is 4. The Morgan fingerprint density at radius 2 is 1.93 bits per heavy atom. The fourth-order valence-electron chi connectivity index (χ4n) is 1.70. The lowest BCUT2D eigenvalue weighted by Crippen LogP contribution is -2.19. The van der Waals surface area contributed by atoms with Gasteiger partial charge in [0, 0.05) is 5.69 Å². The molecule has 0 aromatic heterocycles. The minimum absolute atomic E-state index is 0.596. The lowest BCUT2D eigenvalue weighted by molar-refractivity contribution is -0.140. The predicted octanol–water partition coefficient (Wildman–Crippen LogP) is 1.37. The van der Waals surface area contributed by atoms with Gasteiger partial charge in [0.05, 0.1) is 5.41 Å². The van der Waals surface area contributed by atoms with Gasteiger partial charge in [0.25, 0.3) is 0 Å². The van der Waals surface area contributed by atoms with Gasteiger partial charge in [-0.25, -0.2) is 0 Å². The summed E-state index contributed by atoms with van der Waals surface area (Å²) in [6, 6.07) is 6.94. The van der Waals surface area contributed by atoms with E-state index in [4.69, 9.17) is 5.11 Å². The number of carboxylic acids is 1. The normalized spacial score (nSPS) is 16.8. The van der Waals surface area contributed by atoms with Gasteiger partial charge in [-0.05, 0) is 30.5 Å². The average Bonchev–Trinajstić information content (AvgIpc) is 3.00. The Labute approximate surface area is 86.9 Å². The molecule has 2 rings (SSSR count). The van der Waals surface area contributed by atoms with E-state index in [2.05, 4.69) is 5.32 Å². The predicted molar refractivity (Wildman–Crippen MR) is 54.7 cm³/mol. The maximum Gasteiger partial charge on any atom is 0.314 e. The van der Waals surface area contributed by atoms with Crippen LogP contribution in [0.1, 0.15) is 18.4 Å². The molecule has 1 aliphatic carbocycles. The molecule has 15 heavy (non-hydrogen) atoms. The molecule has 4 nitrogen and oxygen atoms in total. The molecule has 0 atom stereocenters. The smallest absolute Gasteiger partial charge is 0.314 e. The van der Waals surface area contributed by atoms with Crippen LogP contribution in [0.4, 0.5) is 5.69 Å². The number of carboxylic acid groups (broad SMARTS) is 1. The second kappa shape index (κ2) is 3.38. The maximum atomic E-state index is 11.0. The summed E-state index contributed by atoms with van der Waals surface area (Å²) in [5.41, 5.74) is 0.820. The fourth-order valence-corrected chi connectivity index (χ4v) is 1.70. The summed E-state index contributed by atoms with van der Waals surface area (Å²) in [7, 11) is 0.